The van der Waals surface area contributed by atoms with E-state index in [-0.39, 0.29) is 6.10 Å². The second-order valence-corrected chi connectivity index (χ2v) is 3.65. The zero-order chi connectivity index (χ0) is 8.55. The fourth-order valence-electron chi connectivity index (χ4n) is 1.94. The van der Waals surface area contributed by atoms with E-state index in [0.29, 0.717) is 5.92 Å². The van der Waals surface area contributed by atoms with Gasteiger partial charge in [-0.3, -0.25) is 0 Å². The first kappa shape index (κ1) is 8.02. The molecular weight excluding hydrogens is 164 g/mol. The van der Waals surface area contributed by atoms with E-state index < -0.39 is 0 Å². The molecular formula is C10H11OSi. The quantitative estimate of drug-likeness (QED) is 0.593. The van der Waals surface area contributed by atoms with Gasteiger partial charge in [0.15, 0.2) is 0 Å². The van der Waals surface area contributed by atoms with Gasteiger partial charge in [0, 0.05) is 0 Å². The number of benzene rings is 1. The summed E-state index contributed by atoms with van der Waals surface area (Å²) in [5.74, 6) is 0.583. The van der Waals surface area contributed by atoms with E-state index >= 15 is 0 Å². The van der Waals surface area contributed by atoms with E-state index in [0.717, 1.165) is 6.42 Å². The smallest absolute Gasteiger partial charge is 0.247 e. The molecule has 2 rings (SSSR count). The highest BCUT2D eigenvalue weighted by Crippen LogP contribution is 2.37. The molecule has 2 heteroatoms. The van der Waals surface area contributed by atoms with Gasteiger partial charge in [-0.15, -0.1) is 0 Å². The molecule has 1 aromatic carbocycles. The molecule has 1 nitrogen and oxygen atoms in total. The minimum Gasteiger partial charge on any atom is -0.411 e. The van der Waals surface area contributed by atoms with Crippen molar-refractivity contribution in [3.05, 3.63) is 35.4 Å². The Kier molecular flexibility index (Phi) is 2.03. The number of rotatable bonds is 1. The lowest BCUT2D eigenvalue weighted by Gasteiger charge is -2.14. The van der Waals surface area contributed by atoms with Crippen molar-refractivity contribution < 1.29 is 4.43 Å². The molecule has 0 fully saturated rings. The van der Waals surface area contributed by atoms with Crippen molar-refractivity contribution >= 4 is 10.5 Å². The van der Waals surface area contributed by atoms with Crippen LogP contribution in [0.2, 0.25) is 0 Å². The highest BCUT2D eigenvalue weighted by molar-refractivity contribution is 5.98. The number of hydrogen-bond donors (Lipinski definition) is 0. The van der Waals surface area contributed by atoms with Crippen LogP contribution >= 0.6 is 0 Å². The van der Waals surface area contributed by atoms with Crippen LogP contribution in [-0.4, -0.2) is 10.5 Å². The maximum atomic E-state index is 5.26. The molecule has 0 heterocycles. The third-order valence-electron chi connectivity index (χ3n) is 2.55. The highest BCUT2D eigenvalue weighted by atomic mass is 28.2. The summed E-state index contributed by atoms with van der Waals surface area (Å²) in [6.07, 6.45) is 1.36. The van der Waals surface area contributed by atoms with Crippen LogP contribution in [-0.2, 0) is 10.8 Å². The van der Waals surface area contributed by atoms with Crippen molar-refractivity contribution in [2.45, 2.75) is 19.4 Å². The van der Waals surface area contributed by atoms with Crippen molar-refractivity contribution in [2.75, 3.05) is 0 Å². The van der Waals surface area contributed by atoms with Gasteiger partial charge in [0.1, 0.15) is 0 Å². The molecule has 0 amide bonds. The average molecular weight is 175 g/mol. The molecule has 12 heavy (non-hydrogen) atoms. The first-order valence-corrected chi connectivity index (χ1v) is 4.64. The van der Waals surface area contributed by atoms with Crippen molar-refractivity contribution in [3.8, 4) is 0 Å². The first-order chi connectivity index (χ1) is 5.83. The summed E-state index contributed by atoms with van der Waals surface area (Å²) in [5, 5.41) is 0. The molecule has 0 saturated heterocycles. The van der Waals surface area contributed by atoms with Crippen LogP contribution in [0.3, 0.4) is 0 Å². The fraction of sp³-hybridized carbons (Fsp3) is 0.400. The first-order valence-electron chi connectivity index (χ1n) is 4.23. The lowest BCUT2D eigenvalue weighted by Crippen LogP contribution is -2.05. The minimum atomic E-state index is 0.234. The van der Waals surface area contributed by atoms with Gasteiger partial charge in [-0.05, 0) is 23.5 Å². The molecule has 0 spiro atoms. The third kappa shape index (κ3) is 1.11. The molecule has 2 unspecified atom stereocenters. The Morgan fingerprint density at radius 3 is 2.92 bits per heavy atom. The molecule has 61 valence electrons. The topological polar surface area (TPSA) is 9.23 Å². The third-order valence-corrected chi connectivity index (χ3v) is 2.80. The standard InChI is InChI=1S/C10H11OSi/c1-7-6-8-4-2-3-5-9(8)10(7)11-12/h2-5,7,10H,6H2,1H3. The minimum absolute atomic E-state index is 0.234. The van der Waals surface area contributed by atoms with Crippen molar-refractivity contribution in [1.82, 2.24) is 0 Å². The molecule has 0 bridgehead atoms. The molecule has 0 aromatic heterocycles. The van der Waals surface area contributed by atoms with E-state index in [1.54, 1.807) is 0 Å². The largest absolute Gasteiger partial charge is 0.411 e. The summed E-state index contributed by atoms with van der Waals surface area (Å²) in [6.45, 7) is 2.21. The molecule has 1 aliphatic rings. The summed E-state index contributed by atoms with van der Waals surface area (Å²) in [5.41, 5.74) is 2.76. The van der Waals surface area contributed by atoms with E-state index in [1.165, 1.54) is 11.1 Å². The van der Waals surface area contributed by atoms with Gasteiger partial charge in [0.2, 0.25) is 10.5 Å². The van der Waals surface area contributed by atoms with Crippen LogP contribution in [0, 0.1) is 5.92 Å². The number of fused-ring (bicyclic) bond motifs is 1. The van der Waals surface area contributed by atoms with Gasteiger partial charge in [0.25, 0.3) is 0 Å². The van der Waals surface area contributed by atoms with Crippen LogP contribution in [0.1, 0.15) is 24.2 Å². The van der Waals surface area contributed by atoms with Crippen LogP contribution in [0.5, 0.6) is 0 Å². The second kappa shape index (κ2) is 3.03. The van der Waals surface area contributed by atoms with Crippen LogP contribution in [0.4, 0.5) is 0 Å². The fourth-order valence-corrected chi connectivity index (χ4v) is 2.30. The highest BCUT2D eigenvalue weighted by Gasteiger charge is 2.27. The Bertz CT molecular complexity index is 285. The average Bonchev–Trinajstić information content (AvgIpc) is 2.40. The summed E-state index contributed by atoms with van der Waals surface area (Å²) in [4.78, 5) is 0. The van der Waals surface area contributed by atoms with Gasteiger partial charge in [-0.2, -0.15) is 0 Å². The molecule has 3 radical (unpaired) electrons. The second-order valence-electron chi connectivity index (χ2n) is 3.42. The summed E-state index contributed by atoms with van der Waals surface area (Å²) >= 11 is 0. The molecule has 2 atom stereocenters. The molecule has 0 N–H and O–H groups in total. The Labute approximate surface area is 76.3 Å². The molecule has 1 aliphatic carbocycles. The summed E-state index contributed by atoms with van der Waals surface area (Å²) < 4.78 is 5.26. The Balaban J connectivity index is 2.40. The molecule has 0 aliphatic heterocycles. The van der Waals surface area contributed by atoms with Crippen molar-refractivity contribution in [3.63, 3.8) is 0 Å². The maximum absolute atomic E-state index is 5.26. The Hall–Kier alpha value is -0.603. The van der Waals surface area contributed by atoms with Crippen molar-refractivity contribution in [1.29, 1.82) is 0 Å². The van der Waals surface area contributed by atoms with Gasteiger partial charge in [0.05, 0.1) is 6.10 Å². The van der Waals surface area contributed by atoms with Gasteiger partial charge >= 0.3 is 0 Å². The van der Waals surface area contributed by atoms with Gasteiger partial charge < -0.3 is 4.43 Å². The van der Waals surface area contributed by atoms with E-state index in [4.69, 9.17) is 4.43 Å². The van der Waals surface area contributed by atoms with Crippen LogP contribution < -0.4 is 0 Å². The lowest BCUT2D eigenvalue weighted by molar-refractivity contribution is 0.176. The van der Waals surface area contributed by atoms with Gasteiger partial charge in [-0.1, -0.05) is 31.2 Å². The maximum Gasteiger partial charge on any atom is 0.247 e. The lowest BCUT2D eigenvalue weighted by atomic mass is 10.1. The van der Waals surface area contributed by atoms with Crippen molar-refractivity contribution in [2.24, 2.45) is 5.92 Å². The van der Waals surface area contributed by atoms with Gasteiger partial charge in [-0.25, -0.2) is 0 Å². The van der Waals surface area contributed by atoms with Crippen LogP contribution in [0.25, 0.3) is 0 Å². The summed E-state index contributed by atoms with van der Waals surface area (Å²) in [7, 11) is 3.13. The van der Waals surface area contributed by atoms with Crippen LogP contribution in [0.15, 0.2) is 24.3 Å². The zero-order valence-corrected chi connectivity index (χ0v) is 8.08. The van der Waals surface area contributed by atoms with E-state index in [1.807, 2.05) is 0 Å². The number of hydrogen-bond acceptors (Lipinski definition) is 1. The monoisotopic (exact) mass is 175 g/mol. The van der Waals surface area contributed by atoms with E-state index in [2.05, 4.69) is 41.7 Å². The Morgan fingerprint density at radius 2 is 2.17 bits per heavy atom. The predicted octanol–water partition coefficient (Wildman–Crippen LogP) is 2.02. The Morgan fingerprint density at radius 1 is 1.42 bits per heavy atom. The zero-order valence-electron chi connectivity index (χ0n) is 7.08. The normalized spacial score (nSPS) is 27.2. The van der Waals surface area contributed by atoms with E-state index in [9.17, 15) is 0 Å². The predicted molar refractivity (Wildman–Crippen MR) is 48.9 cm³/mol. The molecule has 1 aromatic rings. The SMILES string of the molecule is CC1Cc2ccccc2C1O[Si]. The summed E-state index contributed by atoms with van der Waals surface area (Å²) in [6, 6.07) is 8.47. The molecule has 0 saturated carbocycles.